The van der Waals surface area contributed by atoms with Gasteiger partial charge < -0.3 is 15.7 Å². The number of primary amides is 1. The highest BCUT2D eigenvalue weighted by molar-refractivity contribution is 5.97. The van der Waals surface area contributed by atoms with Crippen molar-refractivity contribution >= 4 is 11.8 Å². The van der Waals surface area contributed by atoms with Gasteiger partial charge in [0.15, 0.2) is 0 Å². The third-order valence-corrected chi connectivity index (χ3v) is 2.78. The number of amides is 2. The number of nitrogens with zero attached hydrogens (tertiary/aromatic N) is 2. The summed E-state index contributed by atoms with van der Waals surface area (Å²) in [6.07, 6.45) is 2.47. The van der Waals surface area contributed by atoms with Crippen LogP contribution in [0.15, 0.2) is 24.5 Å². The van der Waals surface area contributed by atoms with Gasteiger partial charge in [-0.15, -0.1) is 0 Å². The first-order valence-corrected chi connectivity index (χ1v) is 5.28. The number of likely N-dealkylation sites (tertiary alicyclic amines) is 1. The molecular formula is C11H13N3O3. The number of carbonyl (C=O) groups excluding carboxylic acids is 2. The van der Waals surface area contributed by atoms with Crippen molar-refractivity contribution in [3.05, 3.63) is 30.1 Å². The maximum atomic E-state index is 12.1. The van der Waals surface area contributed by atoms with E-state index in [1.54, 1.807) is 18.3 Å². The van der Waals surface area contributed by atoms with E-state index in [4.69, 9.17) is 5.73 Å². The fourth-order valence-corrected chi connectivity index (χ4v) is 1.96. The lowest BCUT2D eigenvalue weighted by atomic mass is 10.2. The largest absolute Gasteiger partial charge is 0.391 e. The highest BCUT2D eigenvalue weighted by Crippen LogP contribution is 2.20. The van der Waals surface area contributed by atoms with Crippen LogP contribution in [0.5, 0.6) is 0 Å². The molecule has 6 nitrogen and oxygen atoms in total. The molecule has 3 N–H and O–H groups in total. The zero-order valence-electron chi connectivity index (χ0n) is 9.11. The topological polar surface area (TPSA) is 96.5 Å². The van der Waals surface area contributed by atoms with Crippen LogP contribution in [0.3, 0.4) is 0 Å². The number of hydrogen-bond donors (Lipinski definition) is 2. The maximum absolute atomic E-state index is 12.1. The summed E-state index contributed by atoms with van der Waals surface area (Å²) in [6.45, 7) is 0.126. The lowest BCUT2D eigenvalue weighted by Gasteiger charge is -2.21. The smallest absolute Gasteiger partial charge is 0.256 e. The minimum Gasteiger partial charge on any atom is -0.391 e. The Morgan fingerprint density at radius 3 is 2.88 bits per heavy atom. The molecule has 1 aromatic rings. The van der Waals surface area contributed by atoms with E-state index in [0.29, 0.717) is 5.56 Å². The van der Waals surface area contributed by atoms with E-state index in [9.17, 15) is 14.7 Å². The number of pyridine rings is 1. The van der Waals surface area contributed by atoms with Crippen molar-refractivity contribution in [1.82, 2.24) is 9.88 Å². The van der Waals surface area contributed by atoms with Gasteiger partial charge in [0.25, 0.3) is 5.91 Å². The standard InChI is InChI=1S/C11H13N3O3/c12-10(16)9-4-8(15)6-14(9)11(17)7-2-1-3-13-5-7/h1-3,5,8-9,15H,4,6H2,(H2,12,16)/t8-,9-/m1/s1. The van der Waals surface area contributed by atoms with Crippen LogP contribution in [0.2, 0.25) is 0 Å². The summed E-state index contributed by atoms with van der Waals surface area (Å²) in [6, 6.07) is 2.51. The van der Waals surface area contributed by atoms with Gasteiger partial charge in [0.2, 0.25) is 5.91 Å². The number of hydrogen-bond acceptors (Lipinski definition) is 4. The van der Waals surface area contributed by atoms with Gasteiger partial charge in [-0.2, -0.15) is 0 Å². The average molecular weight is 235 g/mol. The van der Waals surface area contributed by atoms with Crippen molar-refractivity contribution in [1.29, 1.82) is 0 Å². The molecule has 1 aromatic heterocycles. The molecule has 0 unspecified atom stereocenters. The molecule has 0 spiro atoms. The molecule has 0 aliphatic carbocycles. The van der Waals surface area contributed by atoms with Gasteiger partial charge in [0, 0.05) is 25.4 Å². The van der Waals surface area contributed by atoms with Crippen LogP contribution in [0, 0.1) is 0 Å². The van der Waals surface area contributed by atoms with E-state index >= 15 is 0 Å². The molecule has 90 valence electrons. The van der Waals surface area contributed by atoms with Crippen molar-refractivity contribution in [2.45, 2.75) is 18.6 Å². The molecule has 2 rings (SSSR count). The molecule has 0 bridgehead atoms. The van der Waals surface area contributed by atoms with Gasteiger partial charge in [-0.3, -0.25) is 14.6 Å². The molecule has 0 aromatic carbocycles. The second-order valence-electron chi connectivity index (χ2n) is 4.01. The van der Waals surface area contributed by atoms with Crippen molar-refractivity contribution in [3.63, 3.8) is 0 Å². The Hall–Kier alpha value is -1.95. The monoisotopic (exact) mass is 235 g/mol. The molecule has 17 heavy (non-hydrogen) atoms. The van der Waals surface area contributed by atoms with E-state index in [-0.39, 0.29) is 18.9 Å². The summed E-state index contributed by atoms with van der Waals surface area (Å²) in [5.74, 6) is -0.933. The summed E-state index contributed by atoms with van der Waals surface area (Å²) in [5, 5.41) is 9.50. The van der Waals surface area contributed by atoms with Crippen LogP contribution in [-0.2, 0) is 4.79 Å². The van der Waals surface area contributed by atoms with Crippen LogP contribution < -0.4 is 5.73 Å². The van der Waals surface area contributed by atoms with E-state index < -0.39 is 18.1 Å². The molecule has 2 amide bonds. The van der Waals surface area contributed by atoms with E-state index in [0.717, 1.165) is 0 Å². The minimum absolute atomic E-state index is 0.126. The van der Waals surface area contributed by atoms with Crippen LogP contribution in [0.25, 0.3) is 0 Å². The number of aliphatic hydroxyl groups is 1. The van der Waals surface area contributed by atoms with Crippen molar-refractivity contribution in [2.24, 2.45) is 5.73 Å². The Morgan fingerprint density at radius 2 is 2.29 bits per heavy atom. The van der Waals surface area contributed by atoms with E-state index in [2.05, 4.69) is 4.98 Å². The number of aliphatic hydroxyl groups excluding tert-OH is 1. The van der Waals surface area contributed by atoms with Crippen LogP contribution in [0.1, 0.15) is 16.8 Å². The normalized spacial score (nSPS) is 23.7. The molecule has 2 atom stereocenters. The molecule has 0 saturated carbocycles. The quantitative estimate of drug-likeness (QED) is 0.697. The van der Waals surface area contributed by atoms with Gasteiger partial charge in [-0.25, -0.2) is 0 Å². The fourth-order valence-electron chi connectivity index (χ4n) is 1.96. The predicted molar refractivity (Wildman–Crippen MR) is 58.9 cm³/mol. The molecule has 1 aliphatic rings. The molecule has 1 fully saturated rings. The lowest BCUT2D eigenvalue weighted by molar-refractivity contribution is -0.121. The fraction of sp³-hybridized carbons (Fsp3) is 0.364. The SMILES string of the molecule is NC(=O)[C@H]1C[C@@H](O)CN1C(=O)c1cccnc1. The molecular weight excluding hydrogens is 222 g/mol. The third-order valence-electron chi connectivity index (χ3n) is 2.78. The highest BCUT2D eigenvalue weighted by Gasteiger charge is 2.38. The Kier molecular flexibility index (Phi) is 3.06. The van der Waals surface area contributed by atoms with E-state index in [1.165, 1.54) is 11.1 Å². The number of rotatable bonds is 2. The summed E-state index contributed by atoms with van der Waals surface area (Å²) in [7, 11) is 0. The van der Waals surface area contributed by atoms with Crippen molar-refractivity contribution < 1.29 is 14.7 Å². The summed E-state index contributed by atoms with van der Waals surface area (Å²) in [4.78, 5) is 28.4. The van der Waals surface area contributed by atoms with Crippen LogP contribution >= 0.6 is 0 Å². The Morgan fingerprint density at radius 1 is 1.53 bits per heavy atom. The first kappa shape index (κ1) is 11.5. The molecule has 6 heteroatoms. The Balaban J connectivity index is 2.22. The first-order valence-electron chi connectivity index (χ1n) is 5.28. The highest BCUT2D eigenvalue weighted by atomic mass is 16.3. The summed E-state index contributed by atoms with van der Waals surface area (Å²) < 4.78 is 0. The zero-order valence-corrected chi connectivity index (χ0v) is 9.11. The molecule has 1 aliphatic heterocycles. The van der Waals surface area contributed by atoms with Gasteiger partial charge in [-0.05, 0) is 12.1 Å². The Bertz CT molecular complexity index is 435. The van der Waals surface area contributed by atoms with Crippen LogP contribution in [-0.4, -0.2) is 45.5 Å². The second kappa shape index (κ2) is 4.50. The van der Waals surface area contributed by atoms with Gasteiger partial charge in [0.1, 0.15) is 6.04 Å². The summed E-state index contributed by atoms with van der Waals surface area (Å²) >= 11 is 0. The van der Waals surface area contributed by atoms with Crippen LogP contribution in [0.4, 0.5) is 0 Å². The maximum Gasteiger partial charge on any atom is 0.256 e. The zero-order chi connectivity index (χ0) is 12.4. The number of aromatic nitrogens is 1. The van der Waals surface area contributed by atoms with Gasteiger partial charge >= 0.3 is 0 Å². The number of carbonyl (C=O) groups is 2. The number of nitrogens with two attached hydrogens (primary N) is 1. The van der Waals surface area contributed by atoms with Gasteiger partial charge in [0.05, 0.1) is 11.7 Å². The minimum atomic E-state index is -0.738. The van der Waals surface area contributed by atoms with Gasteiger partial charge in [-0.1, -0.05) is 0 Å². The van der Waals surface area contributed by atoms with Crippen molar-refractivity contribution in [2.75, 3.05) is 6.54 Å². The predicted octanol–water partition coefficient (Wildman–Crippen LogP) is -0.858. The first-order chi connectivity index (χ1) is 8.09. The third kappa shape index (κ3) is 2.26. The molecule has 0 radical (unpaired) electrons. The average Bonchev–Trinajstić information content (AvgIpc) is 2.72. The molecule has 1 saturated heterocycles. The second-order valence-corrected chi connectivity index (χ2v) is 4.01. The lowest BCUT2D eigenvalue weighted by Crippen LogP contribution is -2.43. The van der Waals surface area contributed by atoms with E-state index in [1.807, 2.05) is 0 Å². The summed E-state index contributed by atoms with van der Waals surface area (Å²) in [5.41, 5.74) is 5.59. The Labute approximate surface area is 98.1 Å². The molecule has 2 heterocycles. The van der Waals surface area contributed by atoms with Crippen molar-refractivity contribution in [3.8, 4) is 0 Å². The number of β-amino-alcohol motifs (C(OH)–C–C–N with tert-alkyl or cyclic N) is 1.